The zero-order valence-corrected chi connectivity index (χ0v) is 13.3. The summed E-state index contributed by atoms with van der Waals surface area (Å²) >= 11 is 3.43. The molecular weight excluding hydrogens is 318 g/mol. The number of likely N-dealkylation sites (tertiary alicyclic amines) is 1. The minimum Gasteiger partial charge on any atom is -0.396 e. The number of hydrogen-bond acceptors (Lipinski definition) is 2. The third-order valence-corrected chi connectivity index (χ3v) is 4.44. The number of nitrogens with zero attached hydrogens (tertiary/aromatic N) is 1. The fourth-order valence-corrected chi connectivity index (χ4v) is 2.89. The summed E-state index contributed by atoms with van der Waals surface area (Å²) in [5.41, 5.74) is 1.32. The number of amides is 1. The van der Waals surface area contributed by atoms with Gasteiger partial charge in [-0.1, -0.05) is 28.1 Å². The van der Waals surface area contributed by atoms with E-state index in [4.69, 9.17) is 5.11 Å². The highest BCUT2D eigenvalue weighted by molar-refractivity contribution is 9.10. The van der Waals surface area contributed by atoms with Crippen LogP contribution in [-0.2, 0) is 11.2 Å². The van der Waals surface area contributed by atoms with Crippen molar-refractivity contribution >= 4 is 21.8 Å². The molecule has 1 heterocycles. The van der Waals surface area contributed by atoms with E-state index in [1.807, 2.05) is 4.90 Å². The van der Waals surface area contributed by atoms with Crippen molar-refractivity contribution in [2.24, 2.45) is 5.92 Å². The fraction of sp³-hybridized carbons (Fsp3) is 0.562. The van der Waals surface area contributed by atoms with Crippen LogP contribution in [0.2, 0.25) is 0 Å². The number of aryl methyl sites for hydroxylation is 1. The molecule has 4 heteroatoms. The number of carbonyl (C=O) groups excluding carboxylic acids is 1. The summed E-state index contributed by atoms with van der Waals surface area (Å²) in [5, 5.41) is 9.08. The molecule has 20 heavy (non-hydrogen) atoms. The highest BCUT2D eigenvalue weighted by Crippen LogP contribution is 2.17. The molecule has 0 aromatic heterocycles. The van der Waals surface area contributed by atoms with Crippen molar-refractivity contribution in [2.45, 2.75) is 32.1 Å². The molecule has 3 nitrogen and oxygen atoms in total. The third-order valence-electron chi connectivity index (χ3n) is 3.92. The Kier molecular flexibility index (Phi) is 6.05. The van der Waals surface area contributed by atoms with Crippen molar-refractivity contribution in [1.29, 1.82) is 0 Å². The van der Waals surface area contributed by atoms with Crippen LogP contribution in [0.25, 0.3) is 0 Å². The molecule has 1 aliphatic heterocycles. The molecule has 1 aliphatic rings. The summed E-state index contributed by atoms with van der Waals surface area (Å²) in [6.07, 6.45) is 4.59. The molecule has 1 unspecified atom stereocenters. The number of rotatable bonds is 6. The molecule has 110 valence electrons. The van der Waals surface area contributed by atoms with Gasteiger partial charge < -0.3 is 10.0 Å². The zero-order chi connectivity index (χ0) is 14.4. The maximum atomic E-state index is 12.0. The SMILES string of the molecule is O=C(CCCCc1ccc(Br)cc1)N1CCC(CO)C1. The number of halogens is 1. The van der Waals surface area contributed by atoms with Gasteiger partial charge in [0.25, 0.3) is 0 Å². The van der Waals surface area contributed by atoms with E-state index in [9.17, 15) is 4.79 Å². The molecule has 0 radical (unpaired) electrons. The van der Waals surface area contributed by atoms with Crippen molar-refractivity contribution < 1.29 is 9.90 Å². The maximum Gasteiger partial charge on any atom is 0.222 e. The van der Waals surface area contributed by atoms with Crippen molar-refractivity contribution in [2.75, 3.05) is 19.7 Å². The predicted octanol–water partition coefficient (Wildman–Crippen LogP) is 3.00. The van der Waals surface area contributed by atoms with Crippen molar-refractivity contribution in [3.8, 4) is 0 Å². The lowest BCUT2D eigenvalue weighted by atomic mass is 10.1. The molecule has 1 amide bonds. The lowest BCUT2D eigenvalue weighted by molar-refractivity contribution is -0.130. The van der Waals surface area contributed by atoms with Crippen LogP contribution in [0.15, 0.2) is 28.7 Å². The molecule has 1 aromatic rings. The highest BCUT2D eigenvalue weighted by Gasteiger charge is 2.24. The monoisotopic (exact) mass is 339 g/mol. The Bertz CT molecular complexity index is 433. The van der Waals surface area contributed by atoms with E-state index in [1.165, 1.54) is 5.56 Å². The summed E-state index contributed by atoms with van der Waals surface area (Å²) in [4.78, 5) is 13.9. The van der Waals surface area contributed by atoms with Gasteiger partial charge in [0.15, 0.2) is 0 Å². The molecule has 0 saturated carbocycles. The van der Waals surface area contributed by atoms with Crippen LogP contribution in [0, 0.1) is 5.92 Å². The fourth-order valence-electron chi connectivity index (χ4n) is 2.62. The van der Waals surface area contributed by atoms with Crippen LogP contribution in [-0.4, -0.2) is 35.6 Å². The molecular formula is C16H22BrNO2. The Morgan fingerprint density at radius 2 is 2.05 bits per heavy atom. The molecule has 1 N–H and O–H groups in total. The van der Waals surface area contributed by atoms with Gasteiger partial charge in [-0.3, -0.25) is 4.79 Å². The molecule has 0 bridgehead atoms. The van der Waals surface area contributed by atoms with E-state index in [0.717, 1.165) is 43.2 Å². The second-order valence-corrected chi connectivity index (χ2v) is 6.43. The van der Waals surface area contributed by atoms with Gasteiger partial charge in [0, 0.05) is 36.5 Å². The molecule has 0 aliphatic carbocycles. The quantitative estimate of drug-likeness (QED) is 0.809. The van der Waals surface area contributed by atoms with E-state index in [2.05, 4.69) is 40.2 Å². The van der Waals surface area contributed by atoms with Crippen molar-refractivity contribution in [3.05, 3.63) is 34.3 Å². The van der Waals surface area contributed by atoms with Gasteiger partial charge in [0.2, 0.25) is 5.91 Å². The first-order chi connectivity index (χ1) is 9.69. The van der Waals surface area contributed by atoms with Crippen LogP contribution in [0.1, 0.15) is 31.2 Å². The second-order valence-electron chi connectivity index (χ2n) is 5.51. The average Bonchev–Trinajstić information content (AvgIpc) is 2.94. The number of benzene rings is 1. The van der Waals surface area contributed by atoms with Gasteiger partial charge in [-0.15, -0.1) is 0 Å². The van der Waals surface area contributed by atoms with Gasteiger partial charge >= 0.3 is 0 Å². The van der Waals surface area contributed by atoms with Crippen LogP contribution in [0.4, 0.5) is 0 Å². The summed E-state index contributed by atoms with van der Waals surface area (Å²) in [5.74, 6) is 0.540. The number of aliphatic hydroxyl groups is 1. The normalized spacial score (nSPS) is 18.5. The minimum atomic E-state index is 0.202. The molecule has 1 aromatic carbocycles. The molecule has 1 atom stereocenters. The molecule has 0 spiro atoms. The maximum absolute atomic E-state index is 12.0. The third kappa shape index (κ3) is 4.60. The van der Waals surface area contributed by atoms with Gasteiger partial charge in [-0.05, 0) is 43.4 Å². The Morgan fingerprint density at radius 3 is 2.70 bits per heavy atom. The average molecular weight is 340 g/mol. The van der Waals surface area contributed by atoms with E-state index in [0.29, 0.717) is 12.3 Å². The molecule has 1 saturated heterocycles. The van der Waals surface area contributed by atoms with E-state index in [-0.39, 0.29) is 12.5 Å². The lowest BCUT2D eigenvalue weighted by Gasteiger charge is -2.16. The van der Waals surface area contributed by atoms with Crippen molar-refractivity contribution in [3.63, 3.8) is 0 Å². The number of hydrogen-bond donors (Lipinski definition) is 1. The first-order valence-corrected chi connectivity index (χ1v) is 8.11. The van der Waals surface area contributed by atoms with E-state index >= 15 is 0 Å². The summed E-state index contributed by atoms with van der Waals surface area (Å²) in [7, 11) is 0. The largest absolute Gasteiger partial charge is 0.396 e. The molecule has 2 rings (SSSR count). The van der Waals surface area contributed by atoms with Crippen molar-refractivity contribution in [1.82, 2.24) is 4.90 Å². The van der Waals surface area contributed by atoms with Gasteiger partial charge in [-0.25, -0.2) is 0 Å². The van der Waals surface area contributed by atoms with E-state index in [1.54, 1.807) is 0 Å². The Balaban J connectivity index is 1.63. The highest BCUT2D eigenvalue weighted by atomic mass is 79.9. The number of aliphatic hydroxyl groups excluding tert-OH is 1. The van der Waals surface area contributed by atoms with E-state index < -0.39 is 0 Å². The van der Waals surface area contributed by atoms with Gasteiger partial charge in [0.1, 0.15) is 0 Å². The lowest BCUT2D eigenvalue weighted by Crippen LogP contribution is -2.28. The smallest absolute Gasteiger partial charge is 0.222 e. The van der Waals surface area contributed by atoms with Crippen LogP contribution in [0.3, 0.4) is 0 Å². The standard InChI is InChI=1S/C16H22BrNO2/c17-15-7-5-13(6-8-15)3-1-2-4-16(20)18-10-9-14(11-18)12-19/h5-8,14,19H,1-4,9-12H2. The minimum absolute atomic E-state index is 0.202. The summed E-state index contributed by atoms with van der Waals surface area (Å²) in [6.45, 7) is 1.76. The topological polar surface area (TPSA) is 40.5 Å². The Labute approximate surface area is 129 Å². The van der Waals surface area contributed by atoms with Crippen LogP contribution >= 0.6 is 15.9 Å². The Hall–Kier alpha value is -0.870. The van der Waals surface area contributed by atoms with Gasteiger partial charge in [-0.2, -0.15) is 0 Å². The number of carbonyl (C=O) groups is 1. The molecule has 1 fully saturated rings. The van der Waals surface area contributed by atoms with Crippen LogP contribution in [0.5, 0.6) is 0 Å². The predicted molar refractivity (Wildman–Crippen MR) is 83.5 cm³/mol. The zero-order valence-electron chi connectivity index (χ0n) is 11.7. The first kappa shape index (κ1) is 15.5. The first-order valence-electron chi connectivity index (χ1n) is 7.32. The van der Waals surface area contributed by atoms with Crippen LogP contribution < -0.4 is 0 Å². The Morgan fingerprint density at radius 1 is 1.30 bits per heavy atom. The second kappa shape index (κ2) is 7.79. The summed E-state index contributed by atoms with van der Waals surface area (Å²) < 4.78 is 1.10. The summed E-state index contributed by atoms with van der Waals surface area (Å²) in [6, 6.07) is 8.36. The number of unbranched alkanes of at least 4 members (excludes halogenated alkanes) is 1. The van der Waals surface area contributed by atoms with Gasteiger partial charge in [0.05, 0.1) is 0 Å².